The Morgan fingerprint density at radius 1 is 0.560 bits per heavy atom. The molecule has 0 amide bonds. The smallest absolute Gasteiger partial charge is 0.255 e. The van der Waals surface area contributed by atoms with Gasteiger partial charge in [0.05, 0.1) is 45.6 Å². The minimum Gasteiger partial charge on any atom is -0.492 e. The van der Waals surface area contributed by atoms with Gasteiger partial charge in [-0.15, -0.1) is 36.6 Å². The Hall–Kier alpha value is -7.26. The maximum Gasteiger partial charge on any atom is 0.255 e. The van der Waals surface area contributed by atoms with Gasteiger partial charge in [0.25, 0.3) is 5.24 Å². The molecule has 6 N–H and O–H groups in total. The van der Waals surface area contributed by atoms with Crippen LogP contribution in [0.1, 0.15) is 78.4 Å². The van der Waals surface area contributed by atoms with Gasteiger partial charge in [-0.2, -0.15) is 0 Å². The molecule has 0 saturated heterocycles. The summed E-state index contributed by atoms with van der Waals surface area (Å²) in [7, 11) is 0. The first-order valence-electron chi connectivity index (χ1n) is 24.2. The normalized spacial score (nSPS) is 11.8. The summed E-state index contributed by atoms with van der Waals surface area (Å²) in [6.45, 7) is 0.229. The van der Waals surface area contributed by atoms with Gasteiger partial charge in [-0.3, -0.25) is 29.3 Å². The molecule has 33 heteroatoms. The molecule has 9 rings (SSSR count). The van der Waals surface area contributed by atoms with Crippen LogP contribution in [0.5, 0.6) is 11.5 Å². The largest absolute Gasteiger partial charge is 0.492 e. The minimum absolute atomic E-state index is 0. The van der Waals surface area contributed by atoms with Crippen molar-refractivity contribution in [1.82, 2.24) is 10.9 Å². The van der Waals surface area contributed by atoms with E-state index in [-0.39, 0.29) is 101 Å². The number of hydrogen-bond acceptors (Lipinski definition) is 15. The molecule has 1 unspecified atom stereocenters. The molecule has 0 fully saturated rings. The lowest BCUT2D eigenvalue weighted by molar-refractivity contribution is -0.481. The number of hydrazine groups is 2. The SMILES string of the molecule is C.CSC(=O)c1cc(F)ccc1F.CSC(=S)c1cc(F)ccc1F.Cl.Cl.NNC(=S)c1cc(F)ccc1F.NNC(=S)c1cc(F)ccc1F.O=C(Cl)c1cc(F)ccc1F.O=C1CCOc2ccc(F)cc21.O=C1c2cc(F)ccc2OCC1CC[N+](=O)[O-]. The number of fused-ring (bicyclic) bond motifs is 2. The third-order valence-electron chi connectivity index (χ3n) is 10.9. The summed E-state index contributed by atoms with van der Waals surface area (Å²) >= 11 is 21.1. The third-order valence-corrected chi connectivity index (χ3v) is 13.7. The number of hydrogen-bond donors (Lipinski definition) is 4. The van der Waals surface area contributed by atoms with Crippen LogP contribution in [-0.2, 0) is 0 Å². The number of Topliss-reactive ketones (excluding diaryl/α,β-unsaturated/α-hetero) is 2. The van der Waals surface area contributed by atoms with Crippen molar-refractivity contribution >= 4 is 133 Å². The van der Waals surface area contributed by atoms with Gasteiger partial charge in [-0.1, -0.05) is 55.8 Å². The van der Waals surface area contributed by atoms with Crippen LogP contribution in [0, 0.1) is 85.8 Å². The molecule has 7 aromatic carbocycles. The van der Waals surface area contributed by atoms with Crippen molar-refractivity contribution in [1.29, 1.82) is 0 Å². The molecule has 1 atom stereocenters. The molecule has 0 bridgehead atoms. The molecule has 0 aromatic heterocycles. The molecular weight excluding hydrogens is 1390 g/mol. The van der Waals surface area contributed by atoms with Crippen molar-refractivity contribution in [2.24, 2.45) is 17.6 Å². The van der Waals surface area contributed by atoms with E-state index in [0.29, 0.717) is 34.3 Å². The van der Waals surface area contributed by atoms with Crippen molar-refractivity contribution in [3.8, 4) is 11.5 Å². The predicted octanol–water partition coefficient (Wildman–Crippen LogP) is 15.0. The molecule has 2 aliphatic heterocycles. The van der Waals surface area contributed by atoms with E-state index >= 15 is 0 Å². The van der Waals surface area contributed by atoms with Gasteiger partial charge in [0.15, 0.2) is 11.6 Å². The zero-order valence-corrected chi connectivity index (χ0v) is 52.3. The van der Waals surface area contributed by atoms with Crippen LogP contribution in [0.2, 0.25) is 0 Å². The molecule has 2 heterocycles. The fourth-order valence-electron chi connectivity index (χ4n) is 6.69. The highest BCUT2D eigenvalue weighted by Gasteiger charge is 2.30. The molecule has 490 valence electrons. The molecule has 2 aliphatic rings. The van der Waals surface area contributed by atoms with Crippen LogP contribution in [0.25, 0.3) is 0 Å². The number of benzene rings is 7. The van der Waals surface area contributed by atoms with Crippen LogP contribution < -0.4 is 32.0 Å². The van der Waals surface area contributed by atoms with Crippen molar-refractivity contribution in [2.45, 2.75) is 20.3 Å². The quantitative estimate of drug-likeness (QED) is 0.0279. The number of carbonyl (C=O) groups excluding carboxylic acids is 4. The Kier molecular flexibility index (Phi) is 38.6. The molecule has 0 saturated carbocycles. The van der Waals surface area contributed by atoms with Crippen molar-refractivity contribution in [2.75, 3.05) is 32.3 Å². The summed E-state index contributed by atoms with van der Waals surface area (Å²) in [5.74, 6) is 2.88. The zero-order valence-electron chi connectivity index (χ0n) is 45.9. The molecular formula is C58H50Cl3F12N5O8S5. The van der Waals surface area contributed by atoms with E-state index in [1.54, 1.807) is 6.26 Å². The summed E-state index contributed by atoms with van der Waals surface area (Å²) in [6, 6.07) is 22.3. The van der Waals surface area contributed by atoms with E-state index in [1.165, 1.54) is 48.3 Å². The van der Waals surface area contributed by atoms with Crippen LogP contribution in [0.15, 0.2) is 127 Å². The summed E-state index contributed by atoms with van der Waals surface area (Å²) in [5.41, 5.74) is 4.13. The fraction of sp³-hybridized carbons (Fsp3) is 0.155. The second-order valence-electron chi connectivity index (χ2n) is 16.8. The number of nitro groups is 1. The first-order valence-corrected chi connectivity index (χ1v) is 28.3. The number of carbonyl (C=O) groups is 4. The van der Waals surface area contributed by atoms with E-state index in [0.717, 1.165) is 109 Å². The minimum atomic E-state index is -0.998. The monoisotopic (exact) mass is 1440 g/mol. The average Bonchev–Trinajstić information content (AvgIpc) is 1.87. The number of nitrogens with two attached hydrogens (primary N) is 2. The first-order chi connectivity index (χ1) is 41.5. The summed E-state index contributed by atoms with van der Waals surface area (Å²) in [4.78, 5) is 54.1. The van der Waals surface area contributed by atoms with Gasteiger partial charge in [-0.25, -0.2) is 64.4 Å². The highest BCUT2D eigenvalue weighted by atomic mass is 35.5. The lowest BCUT2D eigenvalue weighted by Crippen LogP contribution is -2.29. The van der Waals surface area contributed by atoms with Crippen molar-refractivity contribution < 1.29 is 86.3 Å². The maximum absolute atomic E-state index is 13.0. The average molecular weight is 1440 g/mol. The van der Waals surface area contributed by atoms with Crippen LogP contribution >= 0.6 is 96.6 Å². The van der Waals surface area contributed by atoms with Gasteiger partial charge in [0.1, 0.15) is 91.3 Å². The van der Waals surface area contributed by atoms with E-state index in [2.05, 4.69) is 35.3 Å². The number of nitrogens with zero attached hydrogens (tertiary/aromatic N) is 1. The highest BCUT2D eigenvalue weighted by molar-refractivity contribution is 8.23. The van der Waals surface area contributed by atoms with Gasteiger partial charge in [0.2, 0.25) is 11.7 Å². The molecule has 0 aliphatic carbocycles. The number of thioether (sulfide) groups is 2. The lowest BCUT2D eigenvalue weighted by atomic mass is 9.92. The van der Waals surface area contributed by atoms with E-state index in [1.807, 2.05) is 0 Å². The number of ether oxygens (including phenoxy) is 2. The Labute approximate surface area is 554 Å². The summed E-state index contributed by atoms with van der Waals surface area (Å²) in [6.07, 6.45) is 3.71. The van der Waals surface area contributed by atoms with Gasteiger partial charge >= 0.3 is 0 Å². The molecule has 0 radical (unpaired) electrons. The first kappa shape index (κ1) is 83.7. The molecule has 91 heavy (non-hydrogen) atoms. The second kappa shape index (κ2) is 42.0. The number of rotatable bonds is 8. The fourth-order valence-corrected chi connectivity index (χ4v) is 8.06. The Morgan fingerprint density at radius 2 is 0.912 bits per heavy atom. The molecule has 7 aromatic rings. The predicted molar refractivity (Wildman–Crippen MR) is 341 cm³/mol. The second-order valence-corrected chi connectivity index (χ2v) is 20.3. The van der Waals surface area contributed by atoms with Crippen molar-refractivity contribution in [3.63, 3.8) is 0 Å². The third kappa shape index (κ3) is 27.6. The molecule has 13 nitrogen and oxygen atoms in total. The highest BCUT2D eigenvalue weighted by Crippen LogP contribution is 2.30. The zero-order chi connectivity index (χ0) is 65.9. The van der Waals surface area contributed by atoms with E-state index in [9.17, 15) is 82.0 Å². The Balaban J connectivity index is 0.00000104. The lowest BCUT2D eigenvalue weighted by Gasteiger charge is -2.22. The number of halogens is 15. The molecule has 0 spiro atoms. The van der Waals surface area contributed by atoms with Gasteiger partial charge in [-0.05, 0) is 152 Å². The Bertz CT molecular complexity index is 3450. The van der Waals surface area contributed by atoms with E-state index < -0.39 is 96.6 Å². The van der Waals surface area contributed by atoms with E-state index in [4.69, 9.17) is 45.0 Å². The summed E-state index contributed by atoms with van der Waals surface area (Å²) in [5, 5.41) is 8.78. The number of nitrogens with one attached hydrogen (secondary N) is 2. The van der Waals surface area contributed by atoms with Crippen molar-refractivity contribution in [3.05, 3.63) is 246 Å². The number of ketones is 2. The number of thiocarbonyl (C=S) groups is 3. The Morgan fingerprint density at radius 3 is 1.31 bits per heavy atom. The van der Waals surface area contributed by atoms with Crippen LogP contribution in [0.4, 0.5) is 52.7 Å². The standard InChI is InChI=1S/C11H10FNO4.C9H7FO2.C8H6F2OS.C8H6F2S2.C7H3ClF2O.2C7H6F2N2S.CH4.2ClH/c12-8-1-2-10-9(5-8)11(14)7(6-17-10)3-4-13(15)16;10-6-1-2-9-7(5-6)8(11)3-4-12-9;2*1-12-8(11)6-4-5(9)2-3-7(6)10;8-7(11)5-3-4(9)1-2-6(5)10;2*8-4-1-2-6(9)5(3-4)7(12)11-10;;;/h1-2,5,7H,3-4,6H2;1-2,5H,3-4H2;2*2-4H,1H3;1-3H;2*1-3H,10H2,(H,11,12);1H4;2*1H. The summed E-state index contributed by atoms with van der Waals surface area (Å²) < 4.78 is 163. The maximum atomic E-state index is 13.0. The van der Waals surface area contributed by atoms with Crippen LogP contribution in [0.3, 0.4) is 0 Å². The van der Waals surface area contributed by atoms with Crippen LogP contribution in [-0.4, -0.2) is 73.3 Å². The topological polar surface area (TPSA) is 206 Å². The van der Waals surface area contributed by atoms with Gasteiger partial charge < -0.3 is 20.3 Å². The van der Waals surface area contributed by atoms with Gasteiger partial charge in [0, 0.05) is 34.5 Å².